The molecular weight excluding hydrogens is 332 g/mol. The second kappa shape index (κ2) is 7.01. The number of carbonyl (C=O) groups is 1. The Morgan fingerprint density at radius 3 is 2.50 bits per heavy atom. The van der Waals surface area contributed by atoms with E-state index >= 15 is 0 Å². The minimum Gasteiger partial charge on any atom is -0.497 e. The minimum absolute atomic E-state index is 0.0711. The lowest BCUT2D eigenvalue weighted by molar-refractivity contribution is 0.0961. The summed E-state index contributed by atoms with van der Waals surface area (Å²) < 4.78 is 10.1. The second-order valence-corrected chi connectivity index (χ2v) is 5.17. The van der Waals surface area contributed by atoms with Gasteiger partial charge in [-0.2, -0.15) is 4.98 Å². The van der Waals surface area contributed by atoms with E-state index in [9.17, 15) is 4.79 Å². The third kappa shape index (κ3) is 3.64. The summed E-state index contributed by atoms with van der Waals surface area (Å²) in [6.45, 7) is 0. The van der Waals surface area contributed by atoms with Gasteiger partial charge < -0.3 is 9.26 Å². The van der Waals surface area contributed by atoms with Gasteiger partial charge in [0.15, 0.2) is 0 Å². The van der Waals surface area contributed by atoms with Crippen molar-refractivity contribution >= 4 is 23.5 Å². The molecule has 0 aliphatic carbocycles. The minimum atomic E-state index is -0.344. The van der Waals surface area contributed by atoms with E-state index in [4.69, 9.17) is 20.9 Å². The highest BCUT2D eigenvalue weighted by Gasteiger charge is 2.10. The fraction of sp³-hybridized carbons (Fsp3) is 0.0625. The Balaban J connectivity index is 1.62. The summed E-state index contributed by atoms with van der Waals surface area (Å²) in [6.07, 6.45) is 0. The van der Waals surface area contributed by atoms with Crippen LogP contribution in [0.3, 0.4) is 0 Å². The Hall–Kier alpha value is -3.06. The van der Waals surface area contributed by atoms with Gasteiger partial charge in [-0.1, -0.05) is 16.8 Å². The number of hydrazine groups is 1. The number of anilines is 1. The molecule has 7 nitrogen and oxygen atoms in total. The van der Waals surface area contributed by atoms with Gasteiger partial charge in [0.1, 0.15) is 5.75 Å². The van der Waals surface area contributed by atoms with E-state index in [0.717, 1.165) is 5.56 Å². The van der Waals surface area contributed by atoms with Gasteiger partial charge in [-0.3, -0.25) is 10.2 Å². The standard InChI is InChI=1S/C16H13ClN4O3/c1-23-13-8-4-11(5-9-13)15(22)19-20-16-18-14(21-24-16)10-2-6-12(17)7-3-10/h2-9H,1H3,(H,19,22)(H,18,20,21). The number of methoxy groups -OCH3 is 1. The molecule has 2 aromatic carbocycles. The fourth-order valence-corrected chi connectivity index (χ4v) is 2.04. The van der Waals surface area contributed by atoms with Crippen molar-refractivity contribution in [1.82, 2.24) is 15.6 Å². The smallest absolute Gasteiger partial charge is 0.340 e. The maximum absolute atomic E-state index is 12.0. The molecule has 0 saturated heterocycles. The highest BCUT2D eigenvalue weighted by atomic mass is 35.5. The molecule has 0 unspecified atom stereocenters. The number of benzene rings is 2. The zero-order chi connectivity index (χ0) is 16.9. The van der Waals surface area contributed by atoms with Crippen LogP contribution in [0.4, 0.5) is 6.01 Å². The van der Waals surface area contributed by atoms with Crippen molar-refractivity contribution in [2.75, 3.05) is 12.5 Å². The molecule has 3 aromatic rings. The molecular formula is C16H13ClN4O3. The molecule has 8 heteroatoms. The summed E-state index contributed by atoms with van der Waals surface area (Å²) >= 11 is 5.83. The SMILES string of the molecule is COc1ccc(C(=O)NNc2nc(-c3ccc(Cl)cc3)no2)cc1. The van der Waals surface area contributed by atoms with Gasteiger partial charge in [-0.05, 0) is 48.5 Å². The van der Waals surface area contributed by atoms with E-state index in [0.29, 0.717) is 22.2 Å². The molecule has 0 fully saturated rings. The molecule has 0 bridgehead atoms. The first-order chi connectivity index (χ1) is 11.7. The predicted octanol–water partition coefficient (Wildman–Crippen LogP) is 3.16. The molecule has 3 rings (SSSR count). The first kappa shape index (κ1) is 15.8. The number of rotatable bonds is 5. The van der Waals surface area contributed by atoms with E-state index in [1.54, 1.807) is 55.6 Å². The maximum Gasteiger partial charge on any atom is 0.340 e. The van der Waals surface area contributed by atoms with Crippen LogP contribution in [0, 0.1) is 0 Å². The van der Waals surface area contributed by atoms with E-state index in [-0.39, 0.29) is 11.9 Å². The summed E-state index contributed by atoms with van der Waals surface area (Å²) in [7, 11) is 1.56. The van der Waals surface area contributed by atoms with Crippen molar-refractivity contribution in [3.8, 4) is 17.1 Å². The molecule has 0 spiro atoms. The normalized spacial score (nSPS) is 10.2. The number of nitrogens with one attached hydrogen (secondary N) is 2. The number of aromatic nitrogens is 2. The van der Waals surface area contributed by atoms with Crippen LogP contribution < -0.4 is 15.6 Å². The molecule has 2 N–H and O–H groups in total. The average Bonchev–Trinajstić information content (AvgIpc) is 3.09. The quantitative estimate of drug-likeness (QED) is 0.691. The highest BCUT2D eigenvalue weighted by Crippen LogP contribution is 2.19. The number of halogens is 1. The van der Waals surface area contributed by atoms with Gasteiger partial charge in [0.2, 0.25) is 5.82 Å². The number of ether oxygens (including phenoxy) is 1. The number of nitrogens with zero attached hydrogens (tertiary/aromatic N) is 2. The van der Waals surface area contributed by atoms with Crippen LogP contribution in [0.25, 0.3) is 11.4 Å². The van der Waals surface area contributed by atoms with E-state index in [2.05, 4.69) is 21.0 Å². The molecule has 122 valence electrons. The molecule has 0 atom stereocenters. The number of hydrogen-bond donors (Lipinski definition) is 2. The van der Waals surface area contributed by atoms with Crippen LogP contribution in [-0.2, 0) is 0 Å². The zero-order valence-electron chi connectivity index (χ0n) is 12.6. The monoisotopic (exact) mass is 344 g/mol. The van der Waals surface area contributed by atoms with Gasteiger partial charge in [-0.15, -0.1) is 0 Å². The first-order valence-electron chi connectivity index (χ1n) is 6.96. The molecule has 0 radical (unpaired) electrons. The van der Waals surface area contributed by atoms with E-state index in [1.807, 2.05) is 0 Å². The Morgan fingerprint density at radius 1 is 1.12 bits per heavy atom. The van der Waals surface area contributed by atoms with Crippen molar-refractivity contribution in [3.63, 3.8) is 0 Å². The van der Waals surface area contributed by atoms with Gasteiger partial charge in [0.05, 0.1) is 7.11 Å². The number of amides is 1. The van der Waals surface area contributed by atoms with Crippen LogP contribution in [0.2, 0.25) is 5.02 Å². The van der Waals surface area contributed by atoms with E-state index in [1.165, 1.54) is 0 Å². The van der Waals surface area contributed by atoms with Crippen molar-refractivity contribution in [2.45, 2.75) is 0 Å². The summed E-state index contributed by atoms with van der Waals surface area (Å²) in [5.41, 5.74) is 6.26. The van der Waals surface area contributed by atoms with Crippen molar-refractivity contribution < 1.29 is 14.1 Å². The number of carbonyl (C=O) groups excluding carboxylic acids is 1. The number of hydrogen-bond acceptors (Lipinski definition) is 6. The van der Waals surface area contributed by atoms with Gasteiger partial charge in [-0.25, -0.2) is 5.43 Å². The largest absolute Gasteiger partial charge is 0.497 e. The summed E-state index contributed by atoms with van der Waals surface area (Å²) in [4.78, 5) is 16.1. The molecule has 0 aliphatic rings. The molecule has 0 aliphatic heterocycles. The van der Waals surface area contributed by atoms with Crippen LogP contribution >= 0.6 is 11.6 Å². The maximum atomic E-state index is 12.0. The lowest BCUT2D eigenvalue weighted by Crippen LogP contribution is -2.29. The highest BCUT2D eigenvalue weighted by molar-refractivity contribution is 6.30. The Bertz CT molecular complexity index is 831. The molecule has 1 heterocycles. The van der Waals surface area contributed by atoms with Crippen LogP contribution in [0.1, 0.15) is 10.4 Å². The lowest BCUT2D eigenvalue weighted by atomic mass is 10.2. The Morgan fingerprint density at radius 2 is 1.83 bits per heavy atom. The summed E-state index contributed by atoms with van der Waals surface area (Å²) in [6, 6.07) is 13.7. The van der Waals surface area contributed by atoms with Crippen molar-refractivity contribution in [1.29, 1.82) is 0 Å². The zero-order valence-corrected chi connectivity index (χ0v) is 13.4. The van der Waals surface area contributed by atoms with Crippen LogP contribution in [0.15, 0.2) is 53.1 Å². The Labute approximate surface area is 142 Å². The molecule has 24 heavy (non-hydrogen) atoms. The molecule has 0 saturated carbocycles. The Kier molecular flexibility index (Phi) is 4.62. The second-order valence-electron chi connectivity index (χ2n) is 4.74. The predicted molar refractivity (Wildman–Crippen MR) is 88.8 cm³/mol. The summed E-state index contributed by atoms with van der Waals surface area (Å²) in [5.74, 6) is 0.709. The average molecular weight is 345 g/mol. The van der Waals surface area contributed by atoms with Gasteiger partial charge in [0, 0.05) is 16.1 Å². The molecule has 1 amide bonds. The van der Waals surface area contributed by atoms with Gasteiger partial charge >= 0.3 is 6.01 Å². The third-order valence-corrected chi connectivity index (χ3v) is 3.42. The van der Waals surface area contributed by atoms with E-state index < -0.39 is 0 Å². The van der Waals surface area contributed by atoms with Crippen molar-refractivity contribution in [3.05, 3.63) is 59.1 Å². The fourth-order valence-electron chi connectivity index (χ4n) is 1.92. The third-order valence-electron chi connectivity index (χ3n) is 3.16. The lowest BCUT2D eigenvalue weighted by Gasteiger charge is -2.05. The topological polar surface area (TPSA) is 89.3 Å². The van der Waals surface area contributed by atoms with Crippen LogP contribution in [0.5, 0.6) is 5.75 Å². The molecule has 1 aromatic heterocycles. The van der Waals surface area contributed by atoms with Crippen LogP contribution in [-0.4, -0.2) is 23.2 Å². The summed E-state index contributed by atoms with van der Waals surface area (Å²) in [5, 5.41) is 4.45. The first-order valence-corrected chi connectivity index (χ1v) is 7.33. The van der Waals surface area contributed by atoms with Crippen molar-refractivity contribution in [2.24, 2.45) is 0 Å². The van der Waals surface area contributed by atoms with Gasteiger partial charge in [0.25, 0.3) is 5.91 Å².